The first-order valence-corrected chi connectivity index (χ1v) is 10.1. The van der Waals surface area contributed by atoms with E-state index in [1.807, 2.05) is 12.1 Å². The Morgan fingerprint density at radius 2 is 1.88 bits per heavy atom. The van der Waals surface area contributed by atoms with Gasteiger partial charge in [0, 0.05) is 22.7 Å². The van der Waals surface area contributed by atoms with Gasteiger partial charge in [-0.15, -0.1) is 0 Å². The second kappa shape index (κ2) is 9.21. The highest BCUT2D eigenvalue weighted by Crippen LogP contribution is 2.29. The van der Waals surface area contributed by atoms with Crippen LogP contribution in [0.2, 0.25) is 10.0 Å². The lowest BCUT2D eigenvalue weighted by atomic mass is 10.1. The number of hydrogen-bond acceptors (Lipinski definition) is 6. The molecule has 0 N–H and O–H groups in total. The summed E-state index contributed by atoms with van der Waals surface area (Å²) < 4.78 is 11.1. The van der Waals surface area contributed by atoms with Crippen molar-refractivity contribution in [3.05, 3.63) is 109 Å². The third-order valence-corrected chi connectivity index (χ3v) is 5.07. The summed E-state index contributed by atoms with van der Waals surface area (Å²) in [5, 5.41) is 11.8. The monoisotopic (exact) mass is 468 g/mol. The highest BCUT2D eigenvalue weighted by atomic mass is 35.5. The van der Waals surface area contributed by atoms with E-state index in [1.165, 1.54) is 24.3 Å². The van der Waals surface area contributed by atoms with Crippen molar-refractivity contribution in [2.75, 3.05) is 0 Å². The third kappa shape index (κ3) is 4.80. The minimum atomic E-state index is -0.702. The predicted octanol–water partition coefficient (Wildman–Crippen LogP) is 5.83. The minimum absolute atomic E-state index is 0.0152. The van der Waals surface area contributed by atoms with Gasteiger partial charge in [-0.3, -0.25) is 10.1 Å². The van der Waals surface area contributed by atoms with Crippen molar-refractivity contribution in [2.24, 2.45) is 4.99 Å². The minimum Gasteiger partial charge on any atom is -0.488 e. The van der Waals surface area contributed by atoms with Gasteiger partial charge in [-0.2, -0.15) is 0 Å². The lowest BCUT2D eigenvalue weighted by Crippen LogP contribution is -2.06. The average Bonchev–Trinajstić information content (AvgIpc) is 3.13. The number of nitrogens with zero attached hydrogens (tertiary/aromatic N) is 2. The van der Waals surface area contributed by atoms with Gasteiger partial charge < -0.3 is 9.47 Å². The molecule has 0 saturated carbocycles. The first-order chi connectivity index (χ1) is 15.4. The molecule has 0 spiro atoms. The number of para-hydroxylation sites is 1. The topological polar surface area (TPSA) is 91.0 Å². The molecule has 0 atom stereocenters. The van der Waals surface area contributed by atoms with Crippen LogP contribution < -0.4 is 4.74 Å². The van der Waals surface area contributed by atoms with Crippen molar-refractivity contribution in [3.8, 4) is 5.75 Å². The maximum atomic E-state index is 12.4. The summed E-state index contributed by atoms with van der Waals surface area (Å²) in [7, 11) is 0. The Morgan fingerprint density at radius 1 is 1.06 bits per heavy atom. The number of ether oxygens (including phenoxy) is 2. The molecular weight excluding hydrogens is 455 g/mol. The van der Waals surface area contributed by atoms with Gasteiger partial charge in [-0.05, 0) is 35.9 Å². The maximum absolute atomic E-state index is 12.4. The number of cyclic esters (lactones) is 1. The zero-order valence-electron chi connectivity index (χ0n) is 16.3. The third-order valence-electron chi connectivity index (χ3n) is 4.51. The van der Waals surface area contributed by atoms with E-state index in [2.05, 4.69) is 4.99 Å². The van der Waals surface area contributed by atoms with Crippen molar-refractivity contribution in [2.45, 2.75) is 6.61 Å². The number of benzene rings is 3. The molecule has 0 fully saturated rings. The Bertz CT molecular complexity index is 1290. The quantitative estimate of drug-likeness (QED) is 0.196. The van der Waals surface area contributed by atoms with E-state index in [1.54, 1.807) is 36.4 Å². The summed E-state index contributed by atoms with van der Waals surface area (Å²) in [6, 6.07) is 18.2. The van der Waals surface area contributed by atoms with Crippen molar-refractivity contribution < 1.29 is 19.2 Å². The molecule has 7 nitrogen and oxygen atoms in total. The Labute approximate surface area is 192 Å². The molecule has 1 heterocycles. The number of halogens is 2. The van der Waals surface area contributed by atoms with E-state index in [9.17, 15) is 14.9 Å². The summed E-state index contributed by atoms with van der Waals surface area (Å²) in [6.45, 7) is 0.281. The number of rotatable bonds is 6. The van der Waals surface area contributed by atoms with Crippen LogP contribution in [0.3, 0.4) is 0 Å². The molecule has 0 amide bonds. The molecule has 160 valence electrons. The fourth-order valence-corrected chi connectivity index (χ4v) is 3.39. The number of esters is 1. The maximum Gasteiger partial charge on any atom is 0.363 e. The van der Waals surface area contributed by atoms with E-state index >= 15 is 0 Å². The number of carbonyl (C=O) groups is 1. The van der Waals surface area contributed by atoms with Crippen LogP contribution in [0.5, 0.6) is 5.75 Å². The summed E-state index contributed by atoms with van der Waals surface area (Å²) in [5.41, 5.74) is 1.47. The van der Waals surface area contributed by atoms with E-state index in [0.29, 0.717) is 16.3 Å². The summed E-state index contributed by atoms with van der Waals surface area (Å²) in [5.74, 6) is -0.274. The first-order valence-electron chi connectivity index (χ1n) is 9.34. The van der Waals surface area contributed by atoms with Gasteiger partial charge in [0.05, 0.1) is 15.5 Å². The molecule has 0 bridgehead atoms. The number of carbonyl (C=O) groups excluding carboxylic acids is 1. The predicted molar refractivity (Wildman–Crippen MR) is 121 cm³/mol. The molecule has 1 aliphatic heterocycles. The number of nitro benzene ring substituents is 1. The standard InChI is InChI=1S/C23H14Cl2N2O5/c24-16-6-3-4-14(10-16)13-31-21-7-2-1-5-15(21)11-20-23(28)32-22(26-20)18-12-17(27(29)30)8-9-19(18)25/h1-12H,13H2/b20-11-. The molecule has 9 heteroatoms. The van der Waals surface area contributed by atoms with Crippen LogP contribution in [0.1, 0.15) is 16.7 Å². The molecule has 3 aromatic carbocycles. The van der Waals surface area contributed by atoms with Crippen molar-refractivity contribution in [1.82, 2.24) is 0 Å². The second-order valence-electron chi connectivity index (χ2n) is 6.71. The van der Waals surface area contributed by atoms with E-state index < -0.39 is 10.9 Å². The molecule has 3 aromatic rings. The van der Waals surface area contributed by atoms with Gasteiger partial charge in [0.25, 0.3) is 5.69 Å². The summed E-state index contributed by atoms with van der Waals surface area (Å²) in [6.07, 6.45) is 1.52. The van der Waals surface area contributed by atoms with Crippen molar-refractivity contribution in [3.63, 3.8) is 0 Å². The lowest BCUT2D eigenvalue weighted by molar-refractivity contribution is -0.384. The van der Waals surface area contributed by atoms with Gasteiger partial charge in [-0.25, -0.2) is 9.79 Å². The lowest BCUT2D eigenvalue weighted by Gasteiger charge is -2.09. The van der Waals surface area contributed by atoms with Crippen LogP contribution in [0.25, 0.3) is 6.08 Å². The Hall–Kier alpha value is -3.68. The SMILES string of the molecule is O=C1OC(c2cc([N+](=O)[O-])ccc2Cl)=N/C1=C\c1ccccc1OCc1cccc(Cl)c1. The smallest absolute Gasteiger partial charge is 0.363 e. The van der Waals surface area contributed by atoms with Crippen LogP contribution in [-0.2, 0) is 16.1 Å². The van der Waals surface area contributed by atoms with E-state index in [0.717, 1.165) is 5.56 Å². The van der Waals surface area contributed by atoms with Gasteiger partial charge in [0.1, 0.15) is 12.4 Å². The van der Waals surface area contributed by atoms with Crippen LogP contribution in [0.15, 0.2) is 77.4 Å². The molecule has 1 aliphatic rings. The molecule has 0 saturated heterocycles. The average molecular weight is 469 g/mol. The molecule has 0 aliphatic carbocycles. The van der Waals surface area contributed by atoms with Gasteiger partial charge in [0.15, 0.2) is 5.70 Å². The van der Waals surface area contributed by atoms with Crippen molar-refractivity contribution in [1.29, 1.82) is 0 Å². The van der Waals surface area contributed by atoms with Crippen molar-refractivity contribution >= 4 is 46.8 Å². The molecule has 0 radical (unpaired) electrons. The molecule has 0 aromatic heterocycles. The van der Waals surface area contributed by atoms with Crippen LogP contribution >= 0.6 is 23.2 Å². The zero-order valence-corrected chi connectivity index (χ0v) is 17.8. The fraction of sp³-hybridized carbons (Fsp3) is 0.0435. The highest BCUT2D eigenvalue weighted by molar-refractivity contribution is 6.34. The van der Waals surface area contributed by atoms with Gasteiger partial charge in [-0.1, -0.05) is 53.5 Å². The number of hydrogen-bond donors (Lipinski definition) is 0. The summed E-state index contributed by atoms with van der Waals surface area (Å²) in [4.78, 5) is 27.1. The van der Waals surface area contributed by atoms with E-state index in [-0.39, 0.29) is 34.5 Å². The summed E-state index contributed by atoms with van der Waals surface area (Å²) >= 11 is 12.1. The molecule has 32 heavy (non-hydrogen) atoms. The molecular formula is C23H14Cl2N2O5. The van der Waals surface area contributed by atoms with Gasteiger partial charge in [0.2, 0.25) is 5.90 Å². The largest absolute Gasteiger partial charge is 0.488 e. The molecule has 0 unspecified atom stereocenters. The van der Waals surface area contributed by atoms with Gasteiger partial charge >= 0.3 is 5.97 Å². The van der Waals surface area contributed by atoms with E-state index in [4.69, 9.17) is 32.7 Å². The second-order valence-corrected chi connectivity index (χ2v) is 7.56. The Balaban J connectivity index is 1.62. The normalized spacial score (nSPS) is 14.2. The number of aliphatic imine (C=N–C) groups is 1. The Morgan fingerprint density at radius 3 is 2.66 bits per heavy atom. The first kappa shape index (κ1) is 21.5. The fourth-order valence-electron chi connectivity index (χ4n) is 2.98. The zero-order chi connectivity index (χ0) is 22.7. The van der Waals surface area contributed by atoms with Crippen LogP contribution in [0, 0.1) is 10.1 Å². The number of nitro groups is 1. The van der Waals surface area contributed by atoms with Crippen LogP contribution in [0.4, 0.5) is 5.69 Å². The number of non-ortho nitro benzene ring substituents is 1. The Kier molecular flexibility index (Phi) is 6.20. The molecule has 4 rings (SSSR count). The van der Waals surface area contributed by atoms with Crippen LogP contribution in [-0.4, -0.2) is 16.8 Å². The highest BCUT2D eigenvalue weighted by Gasteiger charge is 2.27.